The standard InChI is InChI=1S/C17H17F2NO6/c1-4-9-5-6-12(25-9)15(21)20-11-8-14(26-17(18)19)13(23-2)7-10(11)16(22)24-3/h5-8,17H,4H2,1-3H3,(H,20,21). The highest BCUT2D eigenvalue weighted by Crippen LogP contribution is 2.35. The first-order valence-corrected chi connectivity index (χ1v) is 7.54. The molecule has 1 N–H and O–H groups in total. The van der Waals surface area contributed by atoms with Gasteiger partial charge < -0.3 is 23.9 Å². The molecule has 1 aromatic heterocycles. The molecular formula is C17H17F2NO6. The zero-order valence-corrected chi connectivity index (χ0v) is 14.3. The molecule has 0 aliphatic heterocycles. The topological polar surface area (TPSA) is 87.0 Å². The molecule has 1 amide bonds. The Bertz CT molecular complexity index is 803. The van der Waals surface area contributed by atoms with Crippen molar-refractivity contribution in [1.29, 1.82) is 0 Å². The van der Waals surface area contributed by atoms with Gasteiger partial charge in [-0.2, -0.15) is 8.78 Å². The second-order valence-electron chi connectivity index (χ2n) is 4.99. The van der Waals surface area contributed by atoms with E-state index in [1.54, 1.807) is 6.07 Å². The van der Waals surface area contributed by atoms with Crippen LogP contribution in [-0.2, 0) is 11.2 Å². The fourth-order valence-electron chi connectivity index (χ4n) is 2.16. The molecule has 9 heteroatoms. The summed E-state index contributed by atoms with van der Waals surface area (Å²) in [4.78, 5) is 24.3. The summed E-state index contributed by atoms with van der Waals surface area (Å²) >= 11 is 0. The Morgan fingerprint density at radius 3 is 2.46 bits per heavy atom. The van der Waals surface area contributed by atoms with Gasteiger partial charge in [-0.05, 0) is 12.1 Å². The van der Waals surface area contributed by atoms with E-state index in [4.69, 9.17) is 9.15 Å². The van der Waals surface area contributed by atoms with Crippen LogP contribution in [0.1, 0.15) is 33.6 Å². The fraction of sp³-hybridized carbons (Fsp3) is 0.294. The number of furan rings is 1. The second kappa shape index (κ2) is 8.32. The molecule has 140 valence electrons. The number of esters is 1. The maximum atomic E-state index is 12.6. The van der Waals surface area contributed by atoms with Gasteiger partial charge in [0.1, 0.15) is 5.76 Å². The van der Waals surface area contributed by atoms with Crippen LogP contribution >= 0.6 is 0 Å². The van der Waals surface area contributed by atoms with Crippen LogP contribution < -0.4 is 14.8 Å². The molecule has 1 aromatic carbocycles. The van der Waals surface area contributed by atoms with E-state index in [1.807, 2.05) is 6.92 Å². The lowest BCUT2D eigenvalue weighted by atomic mass is 10.1. The number of methoxy groups -OCH3 is 2. The molecular weight excluding hydrogens is 352 g/mol. The van der Waals surface area contributed by atoms with Crippen LogP contribution in [0.3, 0.4) is 0 Å². The van der Waals surface area contributed by atoms with E-state index in [0.29, 0.717) is 12.2 Å². The Labute approximate surface area is 147 Å². The molecule has 0 aliphatic rings. The first-order chi connectivity index (χ1) is 12.4. The molecule has 1 heterocycles. The Balaban J connectivity index is 2.42. The van der Waals surface area contributed by atoms with Crippen LogP contribution in [0.15, 0.2) is 28.7 Å². The minimum absolute atomic E-state index is 0.00446. The maximum absolute atomic E-state index is 12.6. The summed E-state index contributed by atoms with van der Waals surface area (Å²) in [6.07, 6.45) is 0.593. The summed E-state index contributed by atoms with van der Waals surface area (Å²) in [5.41, 5.74) is -0.186. The number of amides is 1. The van der Waals surface area contributed by atoms with Crippen LogP contribution in [0.25, 0.3) is 0 Å². The third kappa shape index (κ3) is 4.29. The number of anilines is 1. The molecule has 0 unspecified atom stereocenters. The van der Waals surface area contributed by atoms with E-state index in [2.05, 4.69) is 14.8 Å². The minimum atomic E-state index is -3.12. The quantitative estimate of drug-likeness (QED) is 0.752. The van der Waals surface area contributed by atoms with E-state index >= 15 is 0 Å². The number of alkyl halides is 2. The minimum Gasteiger partial charge on any atom is -0.493 e. The Kier molecular flexibility index (Phi) is 6.16. The van der Waals surface area contributed by atoms with Crippen LogP contribution in [0.4, 0.5) is 14.5 Å². The first-order valence-electron chi connectivity index (χ1n) is 7.54. The van der Waals surface area contributed by atoms with Gasteiger partial charge in [0.05, 0.1) is 25.5 Å². The van der Waals surface area contributed by atoms with E-state index in [9.17, 15) is 18.4 Å². The van der Waals surface area contributed by atoms with E-state index < -0.39 is 18.5 Å². The average molecular weight is 369 g/mol. The van der Waals surface area contributed by atoms with Crippen molar-refractivity contribution in [3.8, 4) is 11.5 Å². The van der Waals surface area contributed by atoms with Crippen molar-refractivity contribution in [3.05, 3.63) is 41.3 Å². The maximum Gasteiger partial charge on any atom is 0.387 e. The molecule has 26 heavy (non-hydrogen) atoms. The Morgan fingerprint density at radius 2 is 1.92 bits per heavy atom. The molecule has 0 aliphatic carbocycles. The third-order valence-corrected chi connectivity index (χ3v) is 3.41. The van der Waals surface area contributed by atoms with Crippen molar-refractivity contribution in [2.75, 3.05) is 19.5 Å². The molecule has 2 rings (SSSR count). The number of hydrogen-bond donors (Lipinski definition) is 1. The highest BCUT2D eigenvalue weighted by atomic mass is 19.3. The molecule has 0 spiro atoms. The summed E-state index contributed by atoms with van der Waals surface area (Å²) in [7, 11) is 2.37. The predicted molar refractivity (Wildman–Crippen MR) is 87.0 cm³/mol. The van der Waals surface area contributed by atoms with Crippen LogP contribution in [-0.4, -0.2) is 32.7 Å². The summed E-state index contributed by atoms with van der Waals surface area (Å²) in [6, 6.07) is 5.29. The van der Waals surface area contributed by atoms with Crippen molar-refractivity contribution < 1.29 is 37.0 Å². The Hall–Kier alpha value is -3.10. The van der Waals surface area contributed by atoms with Crippen LogP contribution in [0.2, 0.25) is 0 Å². The van der Waals surface area contributed by atoms with Gasteiger partial charge in [-0.1, -0.05) is 6.92 Å². The molecule has 7 nitrogen and oxygen atoms in total. The predicted octanol–water partition coefficient (Wildman–Crippen LogP) is 3.49. The third-order valence-electron chi connectivity index (χ3n) is 3.41. The lowest BCUT2D eigenvalue weighted by Crippen LogP contribution is -2.16. The van der Waals surface area contributed by atoms with Gasteiger partial charge in [-0.15, -0.1) is 0 Å². The number of halogens is 2. The molecule has 2 aromatic rings. The lowest BCUT2D eigenvalue weighted by Gasteiger charge is -2.15. The van der Waals surface area contributed by atoms with Crippen LogP contribution in [0.5, 0.6) is 11.5 Å². The lowest BCUT2D eigenvalue weighted by molar-refractivity contribution is -0.0511. The van der Waals surface area contributed by atoms with Gasteiger partial charge >= 0.3 is 12.6 Å². The molecule has 0 radical (unpaired) electrons. The molecule has 0 fully saturated rings. The highest BCUT2D eigenvalue weighted by molar-refractivity contribution is 6.07. The molecule has 0 atom stereocenters. The van der Waals surface area contributed by atoms with Crippen molar-refractivity contribution in [1.82, 2.24) is 0 Å². The number of carbonyl (C=O) groups is 2. The first kappa shape index (κ1) is 19.2. The summed E-state index contributed by atoms with van der Waals surface area (Å²) in [5, 5.41) is 2.43. The van der Waals surface area contributed by atoms with Crippen molar-refractivity contribution in [2.24, 2.45) is 0 Å². The molecule has 0 saturated carbocycles. The number of rotatable bonds is 7. The van der Waals surface area contributed by atoms with Gasteiger partial charge in [0.2, 0.25) is 0 Å². The largest absolute Gasteiger partial charge is 0.493 e. The highest BCUT2D eigenvalue weighted by Gasteiger charge is 2.22. The number of ether oxygens (including phenoxy) is 3. The Morgan fingerprint density at radius 1 is 1.19 bits per heavy atom. The van der Waals surface area contributed by atoms with Gasteiger partial charge in [-0.25, -0.2) is 4.79 Å². The van der Waals surface area contributed by atoms with E-state index in [-0.39, 0.29) is 28.5 Å². The van der Waals surface area contributed by atoms with Gasteiger partial charge in [0.25, 0.3) is 5.91 Å². The number of nitrogens with one attached hydrogen (secondary N) is 1. The van der Waals surface area contributed by atoms with E-state index in [1.165, 1.54) is 13.2 Å². The number of carbonyl (C=O) groups excluding carboxylic acids is 2. The fourth-order valence-corrected chi connectivity index (χ4v) is 2.16. The normalized spacial score (nSPS) is 10.5. The van der Waals surface area contributed by atoms with Crippen molar-refractivity contribution >= 4 is 17.6 Å². The summed E-state index contributed by atoms with van der Waals surface area (Å²) < 4.78 is 44.5. The second-order valence-corrected chi connectivity index (χ2v) is 4.99. The van der Waals surface area contributed by atoms with Crippen LogP contribution in [0, 0.1) is 0 Å². The zero-order chi connectivity index (χ0) is 19.3. The molecule has 0 saturated heterocycles. The van der Waals surface area contributed by atoms with Crippen molar-refractivity contribution in [2.45, 2.75) is 20.0 Å². The van der Waals surface area contributed by atoms with Crippen molar-refractivity contribution in [3.63, 3.8) is 0 Å². The van der Waals surface area contributed by atoms with Gasteiger partial charge in [-0.3, -0.25) is 4.79 Å². The van der Waals surface area contributed by atoms with Gasteiger partial charge in [0, 0.05) is 18.6 Å². The number of benzene rings is 1. The smallest absolute Gasteiger partial charge is 0.387 e. The summed E-state index contributed by atoms with van der Waals surface area (Å²) in [5.74, 6) is -1.32. The molecule has 0 bridgehead atoms. The number of hydrogen-bond acceptors (Lipinski definition) is 6. The summed E-state index contributed by atoms with van der Waals surface area (Å²) in [6.45, 7) is -1.26. The monoisotopic (exact) mass is 369 g/mol. The zero-order valence-electron chi connectivity index (χ0n) is 14.3. The number of aryl methyl sites for hydroxylation is 1. The average Bonchev–Trinajstić information content (AvgIpc) is 3.10. The van der Waals surface area contributed by atoms with Gasteiger partial charge in [0.15, 0.2) is 17.3 Å². The SMILES string of the molecule is CCc1ccc(C(=O)Nc2cc(OC(F)F)c(OC)cc2C(=O)OC)o1. The van der Waals surface area contributed by atoms with E-state index in [0.717, 1.165) is 19.2 Å².